The summed E-state index contributed by atoms with van der Waals surface area (Å²) < 4.78 is 13.4. The lowest BCUT2D eigenvalue weighted by molar-refractivity contribution is -0.133. The minimum absolute atomic E-state index is 0.0229. The molecule has 1 amide bonds. The second-order valence-electron chi connectivity index (χ2n) is 7.80. The van der Waals surface area contributed by atoms with Crippen LogP contribution in [0.3, 0.4) is 0 Å². The molecule has 2 aliphatic rings. The molecule has 2 fully saturated rings. The molecule has 28 heavy (non-hydrogen) atoms. The number of hydrogen-bond acceptors (Lipinski definition) is 2. The van der Waals surface area contributed by atoms with Crippen molar-refractivity contribution < 1.29 is 9.18 Å². The van der Waals surface area contributed by atoms with Crippen LogP contribution in [0.4, 0.5) is 4.39 Å². The average molecular weight is 421 g/mol. The fourth-order valence-electron chi connectivity index (χ4n) is 4.39. The van der Waals surface area contributed by atoms with Gasteiger partial charge in [0.1, 0.15) is 16.5 Å². The minimum Gasteiger partial charge on any atom is -0.339 e. The molecule has 0 N–H and O–H groups in total. The number of hydrogen-bond donors (Lipinski definition) is 0. The molecule has 1 aromatic heterocycles. The zero-order valence-electron chi connectivity index (χ0n) is 15.6. The second kappa shape index (κ2) is 8.38. The van der Waals surface area contributed by atoms with E-state index in [1.165, 1.54) is 0 Å². The van der Waals surface area contributed by atoms with Gasteiger partial charge in [-0.2, -0.15) is 0 Å². The third-order valence-corrected chi connectivity index (χ3v) is 6.48. The molecule has 1 saturated heterocycles. The number of aromatic nitrogens is 1. The molecular weight excluding hydrogens is 398 g/mol. The number of alkyl halides is 1. The molecular formula is C22H23Cl2FN2O. The number of nitrogens with zero attached hydrogens (tertiary/aromatic N) is 2. The Labute approximate surface area is 174 Å². The van der Waals surface area contributed by atoms with E-state index in [9.17, 15) is 9.18 Å². The van der Waals surface area contributed by atoms with E-state index < -0.39 is 6.17 Å². The first-order chi connectivity index (χ1) is 13.5. The number of halogens is 3. The molecule has 0 radical (unpaired) electrons. The van der Waals surface area contributed by atoms with E-state index in [1.54, 1.807) is 6.07 Å². The first-order valence-electron chi connectivity index (χ1n) is 9.87. The maximum atomic E-state index is 13.4. The number of carbonyl (C=O) groups is 1. The van der Waals surface area contributed by atoms with Crippen LogP contribution < -0.4 is 0 Å². The summed E-state index contributed by atoms with van der Waals surface area (Å²) in [5.41, 5.74) is 2.94. The zero-order chi connectivity index (χ0) is 19.7. The van der Waals surface area contributed by atoms with Crippen molar-refractivity contribution in [3.05, 3.63) is 52.3 Å². The first kappa shape index (κ1) is 19.7. The summed E-state index contributed by atoms with van der Waals surface area (Å²) >= 11 is 12.1. The molecule has 1 aromatic carbocycles. The Balaban J connectivity index is 1.40. The largest absolute Gasteiger partial charge is 0.339 e. The Hall–Kier alpha value is -1.65. The van der Waals surface area contributed by atoms with E-state index in [0.717, 1.165) is 48.9 Å². The van der Waals surface area contributed by atoms with Crippen LogP contribution in [-0.2, 0) is 11.2 Å². The second-order valence-corrected chi connectivity index (χ2v) is 8.54. The van der Waals surface area contributed by atoms with E-state index in [4.69, 9.17) is 23.2 Å². The Bertz CT molecular complexity index is 850. The van der Waals surface area contributed by atoms with Gasteiger partial charge in [-0.05, 0) is 61.8 Å². The molecule has 6 heteroatoms. The lowest BCUT2D eigenvalue weighted by atomic mass is 9.92. The van der Waals surface area contributed by atoms with Gasteiger partial charge in [-0.25, -0.2) is 9.37 Å². The highest BCUT2D eigenvalue weighted by molar-refractivity contribution is 6.34. The summed E-state index contributed by atoms with van der Waals surface area (Å²) in [5.74, 6) is 0.256. The van der Waals surface area contributed by atoms with Crippen molar-refractivity contribution in [2.75, 3.05) is 6.54 Å². The molecule has 0 spiro atoms. The van der Waals surface area contributed by atoms with Gasteiger partial charge in [0.25, 0.3) is 0 Å². The topological polar surface area (TPSA) is 33.2 Å². The number of carbonyl (C=O) groups excluding carboxylic acids is 1. The van der Waals surface area contributed by atoms with Crippen LogP contribution in [0.15, 0.2) is 36.4 Å². The first-order valence-corrected chi connectivity index (χ1v) is 10.6. The number of benzene rings is 1. The van der Waals surface area contributed by atoms with Crippen molar-refractivity contribution in [3.63, 3.8) is 0 Å². The molecule has 1 aliphatic carbocycles. The SMILES string of the molecule is O=C1C(Cc2ccc(-c3ccc(Cl)nc3Cl)cc2)CCN1C1CCC(F)CC1. The smallest absolute Gasteiger partial charge is 0.226 e. The van der Waals surface area contributed by atoms with Gasteiger partial charge in [0.05, 0.1) is 0 Å². The van der Waals surface area contributed by atoms with Crippen LogP contribution in [-0.4, -0.2) is 34.5 Å². The standard InChI is InChI=1S/C22H23Cl2FN2O/c23-20-10-9-19(21(24)26-20)15-3-1-14(2-4-15)13-16-11-12-27(22(16)28)18-7-5-17(25)6-8-18/h1-4,9-10,16-18H,5-8,11-13H2. The Kier molecular flexibility index (Phi) is 5.88. The molecule has 4 rings (SSSR count). The Morgan fingerprint density at radius 3 is 2.39 bits per heavy atom. The summed E-state index contributed by atoms with van der Waals surface area (Å²) in [6, 6.07) is 11.9. The summed E-state index contributed by atoms with van der Waals surface area (Å²) in [7, 11) is 0. The predicted octanol–water partition coefficient (Wildman–Crippen LogP) is 5.73. The van der Waals surface area contributed by atoms with Crippen molar-refractivity contribution in [2.24, 2.45) is 5.92 Å². The van der Waals surface area contributed by atoms with E-state index >= 15 is 0 Å². The maximum Gasteiger partial charge on any atom is 0.226 e. The fraction of sp³-hybridized carbons (Fsp3) is 0.455. The monoisotopic (exact) mass is 420 g/mol. The van der Waals surface area contributed by atoms with E-state index in [1.807, 2.05) is 35.2 Å². The third kappa shape index (κ3) is 4.18. The van der Waals surface area contributed by atoms with Crippen molar-refractivity contribution in [1.82, 2.24) is 9.88 Å². The highest BCUT2D eigenvalue weighted by Crippen LogP contribution is 2.32. The molecule has 2 heterocycles. The lowest BCUT2D eigenvalue weighted by Crippen LogP contribution is -2.40. The van der Waals surface area contributed by atoms with Crippen molar-refractivity contribution in [2.45, 2.75) is 50.7 Å². The van der Waals surface area contributed by atoms with Gasteiger partial charge < -0.3 is 4.90 Å². The van der Waals surface area contributed by atoms with Crippen molar-refractivity contribution in [3.8, 4) is 11.1 Å². The number of amides is 1. The van der Waals surface area contributed by atoms with Crippen molar-refractivity contribution >= 4 is 29.1 Å². The molecule has 1 atom stereocenters. The van der Waals surface area contributed by atoms with Crippen LogP contribution in [0.1, 0.15) is 37.7 Å². The van der Waals surface area contributed by atoms with Crippen molar-refractivity contribution in [1.29, 1.82) is 0 Å². The summed E-state index contributed by atoms with van der Waals surface area (Å²) in [6.45, 7) is 0.801. The van der Waals surface area contributed by atoms with Gasteiger partial charge in [-0.15, -0.1) is 0 Å². The number of rotatable bonds is 4. The fourth-order valence-corrected chi connectivity index (χ4v) is 4.85. The Morgan fingerprint density at radius 2 is 1.71 bits per heavy atom. The van der Waals surface area contributed by atoms with Crippen LogP contribution in [0.25, 0.3) is 11.1 Å². The van der Waals surface area contributed by atoms with Crippen LogP contribution >= 0.6 is 23.2 Å². The van der Waals surface area contributed by atoms with E-state index in [2.05, 4.69) is 4.98 Å². The molecule has 1 saturated carbocycles. The Morgan fingerprint density at radius 1 is 1.00 bits per heavy atom. The highest BCUT2D eigenvalue weighted by atomic mass is 35.5. The number of likely N-dealkylation sites (tertiary alicyclic amines) is 1. The van der Waals surface area contributed by atoms with Crippen LogP contribution in [0.2, 0.25) is 10.3 Å². The average Bonchev–Trinajstić information content (AvgIpc) is 3.04. The highest BCUT2D eigenvalue weighted by Gasteiger charge is 2.37. The molecule has 3 nitrogen and oxygen atoms in total. The molecule has 0 bridgehead atoms. The normalized spacial score (nSPS) is 25.3. The van der Waals surface area contributed by atoms with Gasteiger partial charge in [0, 0.05) is 24.1 Å². The summed E-state index contributed by atoms with van der Waals surface area (Å²) in [4.78, 5) is 18.9. The summed E-state index contributed by atoms with van der Waals surface area (Å²) in [5, 5.41) is 0.750. The predicted molar refractivity (Wildman–Crippen MR) is 110 cm³/mol. The number of pyridine rings is 1. The van der Waals surface area contributed by atoms with Gasteiger partial charge in [0.2, 0.25) is 5.91 Å². The maximum absolute atomic E-state index is 13.4. The van der Waals surface area contributed by atoms with E-state index in [-0.39, 0.29) is 17.9 Å². The van der Waals surface area contributed by atoms with Crippen LogP contribution in [0, 0.1) is 5.92 Å². The molecule has 1 unspecified atom stereocenters. The van der Waals surface area contributed by atoms with E-state index in [0.29, 0.717) is 23.1 Å². The summed E-state index contributed by atoms with van der Waals surface area (Å²) in [6.07, 6.45) is 3.69. The zero-order valence-corrected chi connectivity index (χ0v) is 17.1. The minimum atomic E-state index is -0.687. The molecule has 2 aromatic rings. The van der Waals surface area contributed by atoms with Gasteiger partial charge in [-0.1, -0.05) is 47.5 Å². The van der Waals surface area contributed by atoms with Crippen LogP contribution in [0.5, 0.6) is 0 Å². The van der Waals surface area contributed by atoms with Gasteiger partial charge >= 0.3 is 0 Å². The molecule has 148 valence electrons. The molecule has 1 aliphatic heterocycles. The lowest BCUT2D eigenvalue weighted by Gasteiger charge is -2.32. The third-order valence-electron chi connectivity index (χ3n) is 5.98. The van der Waals surface area contributed by atoms with Gasteiger partial charge in [-0.3, -0.25) is 4.79 Å². The quantitative estimate of drug-likeness (QED) is 0.591. The van der Waals surface area contributed by atoms with Gasteiger partial charge in [0.15, 0.2) is 0 Å².